The second-order valence-corrected chi connectivity index (χ2v) is 5.51. The van der Waals surface area contributed by atoms with Crippen molar-refractivity contribution in [1.82, 2.24) is 5.32 Å². The van der Waals surface area contributed by atoms with Crippen molar-refractivity contribution in [1.29, 1.82) is 0 Å². The molecule has 1 aliphatic rings. The topological polar surface area (TPSA) is 81.4 Å². The Balaban J connectivity index is 2.07. The number of nitrogens with two attached hydrogens (primary N) is 1. The Kier molecular flexibility index (Phi) is 4.96. The molecule has 1 aromatic carbocycles. The van der Waals surface area contributed by atoms with Gasteiger partial charge < -0.3 is 15.8 Å². The Bertz CT molecular complexity index is 538. The maximum Gasteiger partial charge on any atom is 0.224 e. The van der Waals surface area contributed by atoms with E-state index in [1.165, 1.54) is 6.92 Å². The maximum absolute atomic E-state index is 12.2. The van der Waals surface area contributed by atoms with Gasteiger partial charge in [-0.25, -0.2) is 0 Å². The van der Waals surface area contributed by atoms with Gasteiger partial charge in [0.2, 0.25) is 5.91 Å². The van der Waals surface area contributed by atoms with Crippen LogP contribution in [-0.4, -0.2) is 31.4 Å². The van der Waals surface area contributed by atoms with E-state index in [0.717, 1.165) is 12.8 Å². The summed E-state index contributed by atoms with van der Waals surface area (Å²) in [5.74, 6) is 1.02. The highest BCUT2D eigenvalue weighted by Crippen LogP contribution is 2.32. The molecule has 3 N–H and O–H groups in total. The van der Waals surface area contributed by atoms with Crippen LogP contribution in [0.1, 0.15) is 35.7 Å². The highest BCUT2D eigenvalue weighted by molar-refractivity contribution is 5.94. The number of ketones is 1. The van der Waals surface area contributed by atoms with Gasteiger partial charge in [-0.15, -0.1) is 0 Å². The molecular weight excluding hydrogens is 268 g/mol. The first kappa shape index (κ1) is 15.5. The lowest BCUT2D eigenvalue weighted by molar-refractivity contribution is -0.121. The molecule has 0 aromatic heterocycles. The molecule has 114 valence electrons. The number of hydrogen-bond donors (Lipinski definition) is 2. The van der Waals surface area contributed by atoms with Crippen molar-refractivity contribution >= 4 is 11.7 Å². The zero-order valence-electron chi connectivity index (χ0n) is 12.5. The van der Waals surface area contributed by atoms with Crippen LogP contribution in [0.15, 0.2) is 18.2 Å². The third-order valence-electron chi connectivity index (χ3n) is 3.83. The molecule has 0 radical (unpaired) electrons. The average Bonchev–Trinajstić information content (AvgIpc) is 3.29. The zero-order valence-corrected chi connectivity index (χ0v) is 12.5. The highest BCUT2D eigenvalue weighted by atomic mass is 16.5. The number of rotatable bonds is 7. The number of carbonyl (C=O) groups excluding carboxylic acids is 2. The first-order valence-corrected chi connectivity index (χ1v) is 7.22. The van der Waals surface area contributed by atoms with Crippen molar-refractivity contribution in [2.24, 2.45) is 11.7 Å². The van der Waals surface area contributed by atoms with Gasteiger partial charge >= 0.3 is 0 Å². The Labute approximate surface area is 124 Å². The molecule has 0 bridgehead atoms. The van der Waals surface area contributed by atoms with Crippen molar-refractivity contribution in [3.05, 3.63) is 29.3 Å². The van der Waals surface area contributed by atoms with Gasteiger partial charge in [-0.1, -0.05) is 0 Å². The smallest absolute Gasteiger partial charge is 0.224 e. The number of nitrogens with one attached hydrogen (secondary N) is 1. The molecule has 1 aromatic rings. The van der Waals surface area contributed by atoms with Crippen molar-refractivity contribution < 1.29 is 14.3 Å². The van der Waals surface area contributed by atoms with Gasteiger partial charge in [0.1, 0.15) is 5.75 Å². The minimum atomic E-state index is -0.0867. The predicted octanol–water partition coefficient (Wildman–Crippen LogP) is 1.29. The summed E-state index contributed by atoms with van der Waals surface area (Å²) in [5, 5.41) is 2.97. The molecule has 0 spiro atoms. The largest absolute Gasteiger partial charge is 0.496 e. The molecule has 2 rings (SSSR count). The second kappa shape index (κ2) is 6.72. The fraction of sp³-hybridized carbons (Fsp3) is 0.500. The minimum absolute atomic E-state index is 0.0304. The molecule has 5 nitrogen and oxygen atoms in total. The fourth-order valence-electron chi connectivity index (χ4n) is 2.43. The summed E-state index contributed by atoms with van der Waals surface area (Å²) < 4.78 is 5.26. The first-order chi connectivity index (χ1) is 10.0. The number of ether oxygens (including phenoxy) is 1. The molecule has 1 fully saturated rings. The highest BCUT2D eigenvalue weighted by Gasteiger charge is 2.31. The zero-order chi connectivity index (χ0) is 15.4. The number of hydrogen-bond acceptors (Lipinski definition) is 4. The van der Waals surface area contributed by atoms with Crippen LogP contribution < -0.4 is 15.8 Å². The molecule has 1 amide bonds. The molecule has 1 saturated carbocycles. The van der Waals surface area contributed by atoms with E-state index in [2.05, 4.69) is 5.32 Å². The minimum Gasteiger partial charge on any atom is -0.496 e. The van der Waals surface area contributed by atoms with Gasteiger partial charge in [-0.2, -0.15) is 0 Å². The van der Waals surface area contributed by atoms with E-state index in [0.29, 0.717) is 29.3 Å². The van der Waals surface area contributed by atoms with E-state index in [1.54, 1.807) is 25.3 Å². The Hall–Kier alpha value is -1.88. The summed E-state index contributed by atoms with van der Waals surface area (Å²) in [4.78, 5) is 23.6. The average molecular weight is 290 g/mol. The molecule has 0 heterocycles. The normalized spacial score (nSPS) is 15.4. The quantitative estimate of drug-likeness (QED) is 0.742. The summed E-state index contributed by atoms with van der Waals surface area (Å²) in [6.07, 6.45) is 2.45. The van der Waals surface area contributed by atoms with Gasteiger partial charge in [0, 0.05) is 23.7 Å². The maximum atomic E-state index is 12.2. The first-order valence-electron chi connectivity index (χ1n) is 7.22. The Morgan fingerprint density at radius 2 is 2.14 bits per heavy atom. The molecule has 0 saturated heterocycles. The molecule has 5 heteroatoms. The summed E-state index contributed by atoms with van der Waals surface area (Å²) >= 11 is 0. The van der Waals surface area contributed by atoms with E-state index in [9.17, 15) is 9.59 Å². The molecular formula is C16H22N2O3. The number of methoxy groups -OCH3 is 1. The summed E-state index contributed by atoms with van der Waals surface area (Å²) in [6, 6.07) is 5.20. The van der Waals surface area contributed by atoms with Gasteiger partial charge in [0.15, 0.2) is 5.78 Å². The van der Waals surface area contributed by atoms with E-state index in [4.69, 9.17) is 10.5 Å². The summed E-state index contributed by atoms with van der Waals surface area (Å²) in [7, 11) is 1.55. The number of benzene rings is 1. The molecule has 1 unspecified atom stereocenters. The number of carbonyl (C=O) groups is 2. The Morgan fingerprint density at radius 3 is 2.67 bits per heavy atom. The van der Waals surface area contributed by atoms with E-state index >= 15 is 0 Å². The van der Waals surface area contributed by atoms with E-state index in [1.807, 2.05) is 0 Å². The molecule has 1 atom stereocenters. The lowest BCUT2D eigenvalue weighted by Gasteiger charge is -2.17. The third kappa shape index (κ3) is 4.04. The van der Waals surface area contributed by atoms with Crippen LogP contribution in [0, 0.1) is 5.92 Å². The van der Waals surface area contributed by atoms with Crippen LogP contribution in [0.5, 0.6) is 5.75 Å². The monoisotopic (exact) mass is 290 g/mol. The fourth-order valence-corrected chi connectivity index (χ4v) is 2.43. The van der Waals surface area contributed by atoms with Crippen LogP contribution in [-0.2, 0) is 11.2 Å². The SMILES string of the molecule is COc1ccc(C(C)=O)cc1CC(=O)NC(CN)C1CC1. The van der Waals surface area contributed by atoms with Crippen molar-refractivity contribution in [3.8, 4) is 5.75 Å². The Morgan fingerprint density at radius 1 is 1.43 bits per heavy atom. The lowest BCUT2D eigenvalue weighted by atomic mass is 10.0. The molecule has 0 aliphatic heterocycles. The molecule has 1 aliphatic carbocycles. The number of Topliss-reactive ketones (excluding diaryl/α,β-unsaturated/α-hetero) is 1. The van der Waals surface area contributed by atoms with Crippen molar-refractivity contribution in [3.63, 3.8) is 0 Å². The van der Waals surface area contributed by atoms with Gasteiger partial charge in [-0.3, -0.25) is 9.59 Å². The lowest BCUT2D eigenvalue weighted by Crippen LogP contribution is -2.42. The third-order valence-corrected chi connectivity index (χ3v) is 3.83. The van der Waals surface area contributed by atoms with Crippen molar-refractivity contribution in [2.45, 2.75) is 32.2 Å². The van der Waals surface area contributed by atoms with Gasteiger partial charge in [-0.05, 0) is 43.9 Å². The van der Waals surface area contributed by atoms with Gasteiger partial charge in [0.25, 0.3) is 0 Å². The standard InChI is InChI=1S/C16H22N2O3/c1-10(19)12-5-6-15(21-2)13(7-12)8-16(20)18-14(9-17)11-3-4-11/h5-7,11,14H,3-4,8-9,17H2,1-2H3,(H,18,20). The van der Waals surface area contributed by atoms with Crippen LogP contribution in [0.3, 0.4) is 0 Å². The van der Waals surface area contributed by atoms with Crippen molar-refractivity contribution in [2.75, 3.05) is 13.7 Å². The summed E-state index contributed by atoms with van der Waals surface area (Å²) in [5.41, 5.74) is 6.99. The van der Waals surface area contributed by atoms with Crippen LogP contribution in [0.2, 0.25) is 0 Å². The summed E-state index contributed by atoms with van der Waals surface area (Å²) in [6.45, 7) is 1.96. The number of amides is 1. The van der Waals surface area contributed by atoms with E-state index < -0.39 is 0 Å². The second-order valence-electron chi connectivity index (χ2n) is 5.51. The van der Waals surface area contributed by atoms with Gasteiger partial charge in [0.05, 0.1) is 13.5 Å². The van der Waals surface area contributed by atoms with Crippen LogP contribution in [0.25, 0.3) is 0 Å². The predicted molar refractivity (Wildman–Crippen MR) is 80.4 cm³/mol. The molecule has 21 heavy (non-hydrogen) atoms. The van der Waals surface area contributed by atoms with E-state index in [-0.39, 0.29) is 24.2 Å². The van der Waals surface area contributed by atoms with Crippen LogP contribution in [0.4, 0.5) is 0 Å². The van der Waals surface area contributed by atoms with Crippen LogP contribution >= 0.6 is 0 Å².